The van der Waals surface area contributed by atoms with E-state index in [1.165, 1.54) is 5.56 Å². The Balaban J connectivity index is 1.44. The molecule has 1 fully saturated rings. The number of ether oxygens (including phenoxy) is 2. The molecule has 32 heavy (non-hydrogen) atoms. The molecule has 1 aromatic heterocycles. The fourth-order valence-electron chi connectivity index (χ4n) is 3.90. The van der Waals surface area contributed by atoms with Crippen LogP contribution in [0.25, 0.3) is 0 Å². The van der Waals surface area contributed by atoms with Crippen molar-refractivity contribution in [3.63, 3.8) is 0 Å². The summed E-state index contributed by atoms with van der Waals surface area (Å²) in [4.78, 5) is 19.6. The monoisotopic (exact) mass is 432 g/mol. The summed E-state index contributed by atoms with van der Waals surface area (Å²) in [6.07, 6.45) is 1.69. The number of methoxy groups -OCH3 is 2. The van der Waals surface area contributed by atoms with Crippen molar-refractivity contribution >= 4 is 11.7 Å². The number of hydrogen-bond acceptors (Lipinski definition) is 6. The highest BCUT2D eigenvalue weighted by atomic mass is 16.5. The fraction of sp³-hybridized carbons (Fsp3) is 0.280. The molecule has 1 aliphatic rings. The molecule has 0 unspecified atom stereocenters. The first-order chi connectivity index (χ1) is 15.7. The number of nitrogens with one attached hydrogen (secondary N) is 2. The van der Waals surface area contributed by atoms with Gasteiger partial charge in [0.2, 0.25) is 0 Å². The molecular formula is C25H28N4O3. The maximum atomic E-state index is 12.9. The van der Waals surface area contributed by atoms with Gasteiger partial charge in [0.15, 0.2) is 0 Å². The van der Waals surface area contributed by atoms with Crippen LogP contribution in [0.1, 0.15) is 27.5 Å². The van der Waals surface area contributed by atoms with Gasteiger partial charge in [-0.15, -0.1) is 0 Å². The number of nitrogens with zero attached hydrogens (tertiary/aromatic N) is 2. The number of hydrogen-bond donors (Lipinski definition) is 2. The molecule has 3 aromatic rings. The number of anilines is 1. The van der Waals surface area contributed by atoms with E-state index >= 15 is 0 Å². The lowest BCUT2D eigenvalue weighted by Gasteiger charge is -2.34. The second-order valence-corrected chi connectivity index (χ2v) is 7.63. The summed E-state index contributed by atoms with van der Waals surface area (Å²) in [7, 11) is 3.22. The zero-order chi connectivity index (χ0) is 22.3. The van der Waals surface area contributed by atoms with E-state index in [4.69, 9.17) is 9.47 Å². The molecule has 1 aliphatic heterocycles. The van der Waals surface area contributed by atoms with Gasteiger partial charge in [0.1, 0.15) is 17.3 Å². The van der Waals surface area contributed by atoms with Crippen LogP contribution >= 0.6 is 0 Å². The van der Waals surface area contributed by atoms with Crippen LogP contribution in [0, 0.1) is 0 Å². The van der Waals surface area contributed by atoms with Gasteiger partial charge in [-0.05, 0) is 35.9 Å². The normalized spacial score (nSPS) is 15.8. The zero-order valence-corrected chi connectivity index (χ0v) is 18.4. The third kappa shape index (κ3) is 5.00. The second kappa shape index (κ2) is 10.2. The molecule has 0 saturated carbocycles. The predicted molar refractivity (Wildman–Crippen MR) is 124 cm³/mol. The third-order valence-electron chi connectivity index (χ3n) is 5.64. The van der Waals surface area contributed by atoms with E-state index in [0.717, 1.165) is 31.0 Å². The summed E-state index contributed by atoms with van der Waals surface area (Å²) in [6, 6.07) is 19.7. The topological polar surface area (TPSA) is 75.7 Å². The van der Waals surface area contributed by atoms with Crippen molar-refractivity contribution in [2.75, 3.05) is 38.8 Å². The number of aromatic nitrogens is 1. The Labute approximate surface area is 188 Å². The molecule has 4 rings (SSSR count). The van der Waals surface area contributed by atoms with Gasteiger partial charge in [0, 0.05) is 49.5 Å². The van der Waals surface area contributed by atoms with E-state index < -0.39 is 0 Å². The maximum Gasteiger partial charge on any atom is 0.251 e. The molecular weight excluding hydrogens is 404 g/mol. The van der Waals surface area contributed by atoms with E-state index in [0.29, 0.717) is 23.6 Å². The number of pyridine rings is 1. The van der Waals surface area contributed by atoms with Gasteiger partial charge in [-0.2, -0.15) is 0 Å². The van der Waals surface area contributed by atoms with Crippen LogP contribution in [0.3, 0.4) is 0 Å². The van der Waals surface area contributed by atoms with Crippen LogP contribution < -0.4 is 25.0 Å². The van der Waals surface area contributed by atoms with Gasteiger partial charge >= 0.3 is 0 Å². The number of carbonyl (C=O) groups is 1. The summed E-state index contributed by atoms with van der Waals surface area (Å²) in [6.45, 7) is 2.82. The van der Waals surface area contributed by atoms with Crippen molar-refractivity contribution in [1.29, 1.82) is 0 Å². The van der Waals surface area contributed by atoms with E-state index in [2.05, 4.69) is 44.8 Å². The van der Waals surface area contributed by atoms with Crippen molar-refractivity contribution in [3.8, 4) is 11.5 Å². The molecule has 1 amide bonds. The summed E-state index contributed by atoms with van der Waals surface area (Å²) < 4.78 is 10.7. The van der Waals surface area contributed by atoms with Crippen LogP contribution in [0.2, 0.25) is 0 Å². The molecule has 0 spiro atoms. The highest BCUT2D eigenvalue weighted by Crippen LogP contribution is 2.24. The van der Waals surface area contributed by atoms with Gasteiger partial charge in [0.25, 0.3) is 5.91 Å². The fourth-order valence-corrected chi connectivity index (χ4v) is 3.90. The smallest absolute Gasteiger partial charge is 0.251 e. The Morgan fingerprint density at radius 1 is 1.12 bits per heavy atom. The van der Waals surface area contributed by atoms with E-state index in [-0.39, 0.29) is 11.9 Å². The Hall–Kier alpha value is -3.58. The van der Waals surface area contributed by atoms with Crippen molar-refractivity contribution < 1.29 is 14.3 Å². The number of amides is 1. The van der Waals surface area contributed by atoms with Crippen molar-refractivity contribution in [3.05, 3.63) is 83.6 Å². The van der Waals surface area contributed by atoms with E-state index in [1.807, 2.05) is 30.3 Å². The minimum absolute atomic E-state index is 0.159. The Morgan fingerprint density at radius 2 is 1.97 bits per heavy atom. The first-order valence-electron chi connectivity index (χ1n) is 10.7. The summed E-state index contributed by atoms with van der Waals surface area (Å²) in [5.74, 6) is 2.06. The van der Waals surface area contributed by atoms with Crippen LogP contribution in [-0.2, 0) is 6.54 Å². The standard InChI is InChI=1S/C25H28N4O3/c1-31-21-8-9-23(32-2)20(14-21)16-28-25(30)19-10-11-27-24(15-19)29-13-12-26-22(17-29)18-6-4-3-5-7-18/h3-11,14-15,22,26H,12-13,16-17H2,1-2H3,(H,28,30)/t22-/m1/s1. The Bertz CT molecular complexity index is 1060. The lowest BCUT2D eigenvalue weighted by Crippen LogP contribution is -2.46. The van der Waals surface area contributed by atoms with Crippen molar-refractivity contribution in [2.24, 2.45) is 0 Å². The highest BCUT2D eigenvalue weighted by molar-refractivity contribution is 5.94. The molecule has 2 aromatic carbocycles. The Kier molecular flexibility index (Phi) is 6.87. The zero-order valence-electron chi connectivity index (χ0n) is 18.4. The molecule has 1 saturated heterocycles. The largest absolute Gasteiger partial charge is 0.497 e. The van der Waals surface area contributed by atoms with Crippen LogP contribution in [0.15, 0.2) is 66.9 Å². The van der Waals surface area contributed by atoms with Gasteiger partial charge in [-0.1, -0.05) is 30.3 Å². The number of carbonyl (C=O) groups excluding carboxylic acids is 1. The number of benzene rings is 2. The molecule has 7 heteroatoms. The second-order valence-electron chi connectivity index (χ2n) is 7.63. The lowest BCUT2D eigenvalue weighted by atomic mass is 10.0. The Morgan fingerprint density at radius 3 is 2.75 bits per heavy atom. The van der Waals surface area contributed by atoms with Crippen LogP contribution in [0.4, 0.5) is 5.82 Å². The highest BCUT2D eigenvalue weighted by Gasteiger charge is 2.22. The van der Waals surface area contributed by atoms with Crippen LogP contribution in [-0.4, -0.2) is 44.7 Å². The minimum atomic E-state index is -0.159. The predicted octanol–water partition coefficient (Wildman–Crippen LogP) is 3.18. The first-order valence-corrected chi connectivity index (χ1v) is 10.7. The molecule has 0 aliphatic carbocycles. The first kappa shape index (κ1) is 21.6. The maximum absolute atomic E-state index is 12.9. The van der Waals surface area contributed by atoms with E-state index in [9.17, 15) is 4.79 Å². The number of piperazine rings is 1. The SMILES string of the molecule is COc1ccc(OC)c(CNC(=O)c2ccnc(N3CCN[C@@H](c4ccccc4)C3)c2)c1. The van der Waals surface area contributed by atoms with Gasteiger partial charge in [-0.3, -0.25) is 4.79 Å². The van der Waals surface area contributed by atoms with Gasteiger partial charge in [0.05, 0.1) is 14.2 Å². The molecule has 0 bridgehead atoms. The number of rotatable bonds is 7. The summed E-state index contributed by atoms with van der Waals surface area (Å²) in [5.41, 5.74) is 2.67. The summed E-state index contributed by atoms with van der Waals surface area (Å²) in [5, 5.41) is 6.53. The van der Waals surface area contributed by atoms with E-state index in [1.54, 1.807) is 26.5 Å². The molecule has 166 valence electrons. The molecule has 1 atom stereocenters. The van der Waals surface area contributed by atoms with Gasteiger partial charge < -0.3 is 25.0 Å². The average molecular weight is 433 g/mol. The summed E-state index contributed by atoms with van der Waals surface area (Å²) >= 11 is 0. The third-order valence-corrected chi connectivity index (χ3v) is 5.64. The average Bonchev–Trinajstić information content (AvgIpc) is 2.87. The van der Waals surface area contributed by atoms with Crippen LogP contribution in [0.5, 0.6) is 11.5 Å². The quantitative estimate of drug-likeness (QED) is 0.597. The van der Waals surface area contributed by atoms with Crippen molar-refractivity contribution in [1.82, 2.24) is 15.6 Å². The minimum Gasteiger partial charge on any atom is -0.497 e. The molecule has 2 N–H and O–H groups in total. The van der Waals surface area contributed by atoms with Gasteiger partial charge in [-0.25, -0.2) is 4.98 Å². The van der Waals surface area contributed by atoms with Crippen molar-refractivity contribution in [2.45, 2.75) is 12.6 Å². The molecule has 7 nitrogen and oxygen atoms in total. The molecule has 2 heterocycles. The lowest BCUT2D eigenvalue weighted by molar-refractivity contribution is 0.0950. The molecule has 0 radical (unpaired) electrons.